The fourth-order valence-corrected chi connectivity index (χ4v) is 3.07. The Morgan fingerprint density at radius 1 is 1.17 bits per heavy atom. The molecule has 0 spiro atoms. The molecule has 0 saturated carbocycles. The molecule has 30 heavy (non-hydrogen) atoms. The first-order valence-electron chi connectivity index (χ1n) is 8.79. The maximum absolute atomic E-state index is 11.7. The summed E-state index contributed by atoms with van der Waals surface area (Å²) in [6.07, 6.45) is 1.82. The lowest BCUT2D eigenvalue weighted by molar-refractivity contribution is -0.440. The Balaban J connectivity index is 2.38. The van der Waals surface area contributed by atoms with Gasteiger partial charge in [0.1, 0.15) is 28.9 Å². The van der Waals surface area contributed by atoms with E-state index in [4.69, 9.17) is 5.11 Å². The van der Waals surface area contributed by atoms with E-state index >= 15 is 0 Å². The normalized spacial score (nSPS) is 12.3. The summed E-state index contributed by atoms with van der Waals surface area (Å²) in [4.78, 5) is 26.6. The van der Waals surface area contributed by atoms with E-state index in [1.807, 2.05) is 25.4 Å². The van der Waals surface area contributed by atoms with Crippen molar-refractivity contribution >= 4 is 35.2 Å². The minimum atomic E-state index is -1.30. The molecule has 0 fully saturated rings. The number of benzene rings is 1. The van der Waals surface area contributed by atoms with Crippen molar-refractivity contribution in [1.82, 2.24) is 9.13 Å². The molecular weight excluding hydrogens is 390 g/mol. The highest BCUT2D eigenvalue weighted by Crippen LogP contribution is 2.31. The molecule has 0 unspecified atom stereocenters. The van der Waals surface area contributed by atoms with Gasteiger partial charge in [0.25, 0.3) is 5.69 Å². The molecule has 154 valence electrons. The molecule has 0 aliphatic rings. The second-order valence-electron chi connectivity index (χ2n) is 6.49. The zero-order valence-electron chi connectivity index (χ0n) is 16.3. The monoisotopic (exact) mass is 410 g/mol. The number of aromatic carboxylic acids is 1. The Bertz CT molecular complexity index is 1330. The number of carboxylic acids is 2. The molecule has 0 bridgehead atoms. The summed E-state index contributed by atoms with van der Waals surface area (Å²) < 4.78 is 4.55. The van der Waals surface area contributed by atoms with Gasteiger partial charge >= 0.3 is 11.9 Å². The van der Waals surface area contributed by atoms with Crippen LogP contribution in [0, 0.1) is 0 Å². The summed E-state index contributed by atoms with van der Waals surface area (Å²) in [7, 11) is 3.36. The first-order valence-corrected chi connectivity index (χ1v) is 8.79. The smallest absolute Gasteiger partial charge is 0.339 e. The first kappa shape index (κ1) is 20.5. The Labute approximate surface area is 170 Å². The van der Waals surface area contributed by atoms with Gasteiger partial charge < -0.3 is 24.5 Å². The quantitative estimate of drug-likeness (QED) is 0.325. The minimum Gasteiger partial charge on any atom is -0.507 e. The van der Waals surface area contributed by atoms with Gasteiger partial charge in [-0.1, -0.05) is 10.8 Å². The minimum absolute atomic E-state index is 0.0529. The van der Waals surface area contributed by atoms with Crippen molar-refractivity contribution < 1.29 is 29.6 Å². The van der Waals surface area contributed by atoms with E-state index in [2.05, 4.69) is 16.8 Å². The predicted molar refractivity (Wildman–Crippen MR) is 108 cm³/mol. The van der Waals surface area contributed by atoms with Crippen molar-refractivity contribution in [3.05, 3.63) is 59.1 Å². The summed E-state index contributed by atoms with van der Waals surface area (Å²) in [5.74, 6) is -2.64. The summed E-state index contributed by atoms with van der Waals surface area (Å²) in [6.45, 7) is 3.34. The van der Waals surface area contributed by atoms with Gasteiger partial charge in [0.2, 0.25) is 5.49 Å². The third-order valence-corrected chi connectivity index (χ3v) is 4.48. The van der Waals surface area contributed by atoms with E-state index in [0.717, 1.165) is 0 Å². The van der Waals surface area contributed by atoms with Crippen LogP contribution < -0.4 is 11.0 Å². The highest BCUT2D eigenvalue weighted by Gasteiger charge is 2.21. The molecule has 0 atom stereocenters. The largest absolute Gasteiger partial charge is 0.507 e. The Hall–Kier alpha value is -4.21. The standard InChI is InChI=1S/C20H19N5O5/c1-23-9-5-4-6-16(23)22-25(3)14-7-8-15(26)12-10-13(20(29)30)19(21-11-17(27)28)24(2)18(12)14/h4-10H,3,11H2,1-2H3,(H2-,21,26,27,28,29,30)/p+1/b22-16-. The van der Waals surface area contributed by atoms with Crippen molar-refractivity contribution in [2.45, 2.75) is 0 Å². The first-order chi connectivity index (χ1) is 14.2. The van der Waals surface area contributed by atoms with Crippen LogP contribution in [-0.4, -0.2) is 54.3 Å². The number of aromatic hydroxyl groups is 1. The SMILES string of the molecule is C=[N+](/N=c1/ccccn1C)c1ccc(O)c2cc(C(=O)O)c(=NCC(=O)O)n(C)c12. The van der Waals surface area contributed by atoms with Gasteiger partial charge in [-0.15, -0.1) is 0 Å². The lowest BCUT2D eigenvalue weighted by Gasteiger charge is -2.11. The molecule has 0 aliphatic heterocycles. The van der Waals surface area contributed by atoms with Crippen molar-refractivity contribution in [2.24, 2.45) is 24.2 Å². The molecule has 1 aromatic carbocycles. The number of pyridine rings is 2. The number of nitrogens with zero attached hydrogens (tertiary/aromatic N) is 5. The van der Waals surface area contributed by atoms with Gasteiger partial charge in [-0.25, -0.2) is 4.79 Å². The van der Waals surface area contributed by atoms with Crippen LogP contribution in [0.15, 0.2) is 52.7 Å². The number of aromatic nitrogens is 2. The van der Waals surface area contributed by atoms with Gasteiger partial charge in [-0.3, -0.25) is 9.79 Å². The Morgan fingerprint density at radius 2 is 1.90 bits per heavy atom. The second kappa shape index (κ2) is 8.03. The molecule has 3 rings (SSSR count). The van der Waals surface area contributed by atoms with Gasteiger partial charge in [-0.2, -0.15) is 0 Å². The summed E-state index contributed by atoms with van der Waals surface area (Å²) in [5.41, 5.74) is 1.16. The van der Waals surface area contributed by atoms with Crippen LogP contribution in [0.1, 0.15) is 10.4 Å². The molecular formula is C20H20N5O5+. The van der Waals surface area contributed by atoms with Crippen molar-refractivity contribution in [1.29, 1.82) is 0 Å². The topological polar surface area (TPSA) is 132 Å². The van der Waals surface area contributed by atoms with Crippen LogP contribution in [0.2, 0.25) is 0 Å². The van der Waals surface area contributed by atoms with Crippen molar-refractivity contribution in [3.8, 4) is 5.75 Å². The number of hydrogen-bond acceptors (Lipinski definition) is 5. The number of hydrogen-bond donors (Lipinski definition) is 3. The molecule has 3 N–H and O–H groups in total. The van der Waals surface area contributed by atoms with Crippen LogP contribution in [0.5, 0.6) is 5.75 Å². The van der Waals surface area contributed by atoms with E-state index in [1.165, 1.54) is 28.4 Å². The van der Waals surface area contributed by atoms with Gasteiger partial charge in [0, 0.05) is 36.8 Å². The number of rotatable bonds is 5. The van der Waals surface area contributed by atoms with E-state index in [-0.39, 0.29) is 22.2 Å². The average molecular weight is 410 g/mol. The van der Waals surface area contributed by atoms with Crippen molar-refractivity contribution in [2.75, 3.05) is 6.54 Å². The number of aliphatic carboxylic acids is 1. The molecule has 0 aliphatic carbocycles. The van der Waals surface area contributed by atoms with Crippen LogP contribution in [0.3, 0.4) is 0 Å². The number of aryl methyl sites for hydroxylation is 2. The second-order valence-corrected chi connectivity index (χ2v) is 6.49. The fraction of sp³-hybridized carbons (Fsp3) is 0.150. The van der Waals surface area contributed by atoms with E-state index in [1.54, 1.807) is 16.7 Å². The van der Waals surface area contributed by atoms with Crippen LogP contribution in [-0.2, 0) is 18.9 Å². The maximum atomic E-state index is 11.7. The Morgan fingerprint density at radius 3 is 2.53 bits per heavy atom. The van der Waals surface area contributed by atoms with Crippen molar-refractivity contribution in [3.63, 3.8) is 0 Å². The van der Waals surface area contributed by atoms with Gasteiger partial charge in [-0.05, 0) is 24.3 Å². The van der Waals surface area contributed by atoms with E-state index in [9.17, 15) is 19.8 Å². The highest BCUT2D eigenvalue weighted by atomic mass is 16.4. The molecule has 10 nitrogen and oxygen atoms in total. The number of phenolic OH excluding ortho intramolecular Hbond substituents is 1. The summed E-state index contributed by atoms with van der Waals surface area (Å²) in [5, 5.41) is 33.6. The average Bonchev–Trinajstić information content (AvgIpc) is 2.69. The zero-order chi connectivity index (χ0) is 22.0. The van der Waals surface area contributed by atoms with Crippen LogP contribution in [0.25, 0.3) is 10.9 Å². The molecule has 3 aromatic rings. The summed E-state index contributed by atoms with van der Waals surface area (Å²) in [6, 6.07) is 9.72. The highest BCUT2D eigenvalue weighted by molar-refractivity contribution is 5.98. The van der Waals surface area contributed by atoms with Gasteiger partial charge in [0.05, 0.1) is 0 Å². The molecule has 0 amide bonds. The number of fused-ring (bicyclic) bond motifs is 1. The van der Waals surface area contributed by atoms with Crippen LogP contribution >= 0.6 is 0 Å². The lowest BCUT2D eigenvalue weighted by Crippen LogP contribution is -2.28. The molecule has 0 radical (unpaired) electrons. The number of carboxylic acid groups (broad SMARTS) is 2. The molecule has 0 saturated heterocycles. The fourth-order valence-electron chi connectivity index (χ4n) is 3.07. The Kier molecular flexibility index (Phi) is 5.50. The molecule has 10 heteroatoms. The van der Waals surface area contributed by atoms with Crippen LogP contribution in [0.4, 0.5) is 5.69 Å². The van der Waals surface area contributed by atoms with E-state index < -0.39 is 18.5 Å². The maximum Gasteiger partial charge on any atom is 0.339 e. The molecule has 2 aromatic heterocycles. The predicted octanol–water partition coefficient (Wildman–Crippen LogP) is 0.766. The number of phenols is 1. The third kappa shape index (κ3) is 3.83. The lowest BCUT2D eigenvalue weighted by atomic mass is 10.1. The zero-order valence-corrected chi connectivity index (χ0v) is 16.3. The third-order valence-electron chi connectivity index (χ3n) is 4.48. The van der Waals surface area contributed by atoms with Gasteiger partial charge in [0.15, 0.2) is 6.72 Å². The summed E-state index contributed by atoms with van der Waals surface area (Å²) >= 11 is 0. The number of carbonyl (C=O) groups is 2. The molecule has 2 heterocycles. The van der Waals surface area contributed by atoms with E-state index in [0.29, 0.717) is 16.7 Å².